The first-order chi connectivity index (χ1) is 10.3. The molecule has 0 aliphatic heterocycles. The maximum atomic E-state index is 12.3. The number of nitrogens with zero attached hydrogens (tertiary/aromatic N) is 2. The highest BCUT2D eigenvalue weighted by Gasteiger charge is 2.18. The van der Waals surface area contributed by atoms with Crippen LogP contribution in [0.4, 0.5) is 0 Å². The minimum absolute atomic E-state index is 0.109. The first kappa shape index (κ1) is 16.5. The molecule has 0 heterocycles. The number of halogens is 1. The van der Waals surface area contributed by atoms with E-state index in [0.717, 1.165) is 9.98 Å². The largest absolute Gasteiger partial charge is 0.507 e. The van der Waals surface area contributed by atoms with Gasteiger partial charge in [-0.05, 0) is 58.7 Å². The van der Waals surface area contributed by atoms with Gasteiger partial charge in [-0.2, -0.15) is 17.9 Å². The Morgan fingerprint density at radius 2 is 1.82 bits per heavy atom. The van der Waals surface area contributed by atoms with Gasteiger partial charge >= 0.3 is 0 Å². The molecule has 0 spiro atoms. The van der Waals surface area contributed by atoms with E-state index in [2.05, 4.69) is 21.0 Å². The van der Waals surface area contributed by atoms with Crippen LogP contribution >= 0.6 is 15.9 Å². The SMILES string of the molecule is Cc1ccc(S(=O)(=O)N(C)N=Cc2ccc(O)c(Br)c2)cc1. The second-order valence-electron chi connectivity index (χ2n) is 4.71. The van der Waals surface area contributed by atoms with Gasteiger partial charge in [-0.1, -0.05) is 17.7 Å². The Morgan fingerprint density at radius 3 is 2.41 bits per heavy atom. The zero-order chi connectivity index (χ0) is 16.3. The number of hydrogen-bond donors (Lipinski definition) is 1. The number of rotatable bonds is 4. The Morgan fingerprint density at radius 1 is 1.18 bits per heavy atom. The molecule has 0 aliphatic carbocycles. The predicted molar refractivity (Wildman–Crippen MR) is 89.5 cm³/mol. The molecule has 0 amide bonds. The lowest BCUT2D eigenvalue weighted by molar-refractivity contribution is 0.472. The van der Waals surface area contributed by atoms with Gasteiger partial charge in [-0.15, -0.1) is 0 Å². The van der Waals surface area contributed by atoms with E-state index in [1.165, 1.54) is 19.3 Å². The zero-order valence-electron chi connectivity index (χ0n) is 12.1. The topological polar surface area (TPSA) is 70.0 Å². The average Bonchev–Trinajstić information content (AvgIpc) is 2.48. The minimum Gasteiger partial charge on any atom is -0.507 e. The van der Waals surface area contributed by atoms with Gasteiger partial charge in [-0.25, -0.2) is 0 Å². The molecule has 0 atom stereocenters. The van der Waals surface area contributed by atoms with Crippen molar-refractivity contribution >= 4 is 32.2 Å². The van der Waals surface area contributed by atoms with Gasteiger partial charge in [0.15, 0.2) is 0 Å². The third kappa shape index (κ3) is 3.66. The summed E-state index contributed by atoms with van der Waals surface area (Å²) in [5.41, 5.74) is 1.65. The summed E-state index contributed by atoms with van der Waals surface area (Å²) in [7, 11) is -2.29. The van der Waals surface area contributed by atoms with Gasteiger partial charge in [0.25, 0.3) is 10.0 Å². The van der Waals surface area contributed by atoms with Crippen molar-refractivity contribution in [3.63, 3.8) is 0 Å². The van der Waals surface area contributed by atoms with Gasteiger partial charge in [0.05, 0.1) is 15.6 Å². The van der Waals surface area contributed by atoms with Crippen molar-refractivity contribution < 1.29 is 13.5 Å². The summed E-state index contributed by atoms with van der Waals surface area (Å²) in [6.07, 6.45) is 1.41. The number of sulfonamides is 1. The molecule has 2 aromatic rings. The van der Waals surface area contributed by atoms with Gasteiger partial charge < -0.3 is 5.11 Å². The van der Waals surface area contributed by atoms with Crippen LogP contribution < -0.4 is 0 Å². The molecule has 7 heteroatoms. The molecule has 0 saturated carbocycles. The third-order valence-corrected chi connectivity index (χ3v) is 5.30. The molecular formula is C15H15BrN2O3S. The monoisotopic (exact) mass is 382 g/mol. The van der Waals surface area contributed by atoms with E-state index in [0.29, 0.717) is 10.0 Å². The van der Waals surface area contributed by atoms with Crippen LogP contribution in [0.15, 0.2) is 56.9 Å². The molecule has 5 nitrogen and oxygen atoms in total. The summed E-state index contributed by atoms with van der Waals surface area (Å²) in [6.45, 7) is 1.89. The molecule has 2 aromatic carbocycles. The molecule has 0 unspecified atom stereocenters. The van der Waals surface area contributed by atoms with Crippen LogP contribution in [0.1, 0.15) is 11.1 Å². The molecule has 22 heavy (non-hydrogen) atoms. The second kappa shape index (κ2) is 6.50. The first-order valence-electron chi connectivity index (χ1n) is 6.39. The van der Waals surface area contributed by atoms with E-state index in [4.69, 9.17) is 0 Å². The van der Waals surface area contributed by atoms with E-state index in [1.54, 1.807) is 36.4 Å². The van der Waals surface area contributed by atoms with Crippen LogP contribution in [0.25, 0.3) is 0 Å². The number of phenolic OH excluding ortho intramolecular Hbond substituents is 1. The Kier molecular flexibility index (Phi) is 4.87. The fourth-order valence-corrected chi connectivity index (χ4v) is 3.03. The van der Waals surface area contributed by atoms with Crippen molar-refractivity contribution in [3.8, 4) is 5.75 Å². The number of hydrazone groups is 1. The van der Waals surface area contributed by atoms with Crippen LogP contribution in [-0.2, 0) is 10.0 Å². The molecular weight excluding hydrogens is 368 g/mol. The molecule has 2 rings (SSSR count). The lowest BCUT2D eigenvalue weighted by Crippen LogP contribution is -2.21. The lowest BCUT2D eigenvalue weighted by Gasteiger charge is -2.13. The fourth-order valence-electron chi connectivity index (χ4n) is 1.68. The summed E-state index contributed by atoms with van der Waals surface area (Å²) in [4.78, 5) is 0.185. The highest BCUT2D eigenvalue weighted by molar-refractivity contribution is 9.10. The highest BCUT2D eigenvalue weighted by atomic mass is 79.9. The fraction of sp³-hybridized carbons (Fsp3) is 0.133. The summed E-state index contributed by atoms with van der Waals surface area (Å²) in [5.74, 6) is 0.109. The zero-order valence-corrected chi connectivity index (χ0v) is 14.5. The first-order valence-corrected chi connectivity index (χ1v) is 8.62. The Hall–Kier alpha value is -1.86. The Balaban J connectivity index is 2.23. The molecule has 0 fully saturated rings. The van der Waals surface area contributed by atoms with E-state index >= 15 is 0 Å². The average molecular weight is 383 g/mol. The van der Waals surface area contributed by atoms with Gasteiger partial charge in [0.2, 0.25) is 0 Å². The van der Waals surface area contributed by atoms with E-state index in [9.17, 15) is 13.5 Å². The molecule has 1 N–H and O–H groups in total. The number of hydrogen-bond acceptors (Lipinski definition) is 4. The molecule has 0 aliphatic rings. The molecule has 0 bridgehead atoms. The van der Waals surface area contributed by atoms with Crippen molar-refractivity contribution in [3.05, 3.63) is 58.1 Å². The Bertz CT molecular complexity index is 802. The number of phenols is 1. The van der Waals surface area contributed by atoms with Gasteiger partial charge in [0, 0.05) is 7.05 Å². The summed E-state index contributed by atoms with van der Waals surface area (Å²) in [6, 6.07) is 11.4. The number of aromatic hydroxyl groups is 1. The van der Waals surface area contributed by atoms with Crippen LogP contribution in [-0.4, -0.2) is 31.2 Å². The highest BCUT2D eigenvalue weighted by Crippen LogP contribution is 2.23. The number of aryl methyl sites for hydroxylation is 1. The maximum Gasteiger partial charge on any atom is 0.278 e. The van der Waals surface area contributed by atoms with E-state index in [1.807, 2.05) is 6.92 Å². The van der Waals surface area contributed by atoms with Crippen LogP contribution in [0, 0.1) is 6.92 Å². The number of benzene rings is 2. The van der Waals surface area contributed by atoms with Crippen LogP contribution in [0.3, 0.4) is 0 Å². The summed E-state index contributed by atoms with van der Waals surface area (Å²) >= 11 is 3.19. The Labute approximate surface area is 138 Å². The van der Waals surface area contributed by atoms with Crippen molar-refractivity contribution in [1.82, 2.24) is 4.41 Å². The van der Waals surface area contributed by atoms with E-state index < -0.39 is 10.0 Å². The molecule has 0 aromatic heterocycles. The van der Waals surface area contributed by atoms with Crippen LogP contribution in [0.5, 0.6) is 5.75 Å². The molecule has 116 valence electrons. The normalized spacial score (nSPS) is 11.8. The van der Waals surface area contributed by atoms with Crippen molar-refractivity contribution in [1.29, 1.82) is 0 Å². The van der Waals surface area contributed by atoms with Crippen molar-refractivity contribution in [2.24, 2.45) is 5.10 Å². The standard InChI is InChI=1S/C15H15BrN2O3S/c1-11-3-6-13(7-4-11)22(20,21)18(2)17-10-12-5-8-15(19)14(16)9-12/h3-10,19H,1-2H3. The van der Waals surface area contributed by atoms with Crippen molar-refractivity contribution in [2.45, 2.75) is 11.8 Å². The maximum absolute atomic E-state index is 12.3. The lowest BCUT2D eigenvalue weighted by atomic mass is 10.2. The summed E-state index contributed by atoms with van der Waals surface area (Å²) in [5, 5.41) is 13.4. The third-order valence-electron chi connectivity index (χ3n) is 3.01. The predicted octanol–water partition coefficient (Wildman–Crippen LogP) is 3.12. The van der Waals surface area contributed by atoms with Gasteiger partial charge in [0.1, 0.15) is 5.75 Å². The van der Waals surface area contributed by atoms with E-state index in [-0.39, 0.29) is 10.6 Å². The summed E-state index contributed by atoms with van der Waals surface area (Å²) < 4.78 is 26.1. The van der Waals surface area contributed by atoms with Gasteiger partial charge in [-0.3, -0.25) is 0 Å². The minimum atomic E-state index is -3.67. The molecule has 0 saturated heterocycles. The van der Waals surface area contributed by atoms with Crippen LogP contribution in [0.2, 0.25) is 0 Å². The molecule has 0 radical (unpaired) electrons. The second-order valence-corrected chi connectivity index (χ2v) is 7.51. The van der Waals surface area contributed by atoms with Crippen molar-refractivity contribution in [2.75, 3.05) is 7.05 Å². The smallest absolute Gasteiger partial charge is 0.278 e. The quantitative estimate of drug-likeness (QED) is 0.652.